The maximum Gasteiger partial charge on any atom is 0.168 e. The van der Waals surface area contributed by atoms with Gasteiger partial charge < -0.3 is 0 Å². The van der Waals surface area contributed by atoms with Gasteiger partial charge in [-0.1, -0.05) is 17.7 Å². The van der Waals surface area contributed by atoms with Gasteiger partial charge in [-0.15, -0.1) is 10.2 Å². The number of fused-ring (bicyclic) bond motifs is 3. The zero-order valence-electron chi connectivity index (χ0n) is 8.11. The van der Waals surface area contributed by atoms with Crippen molar-refractivity contribution in [3.05, 3.63) is 41.3 Å². The van der Waals surface area contributed by atoms with Crippen molar-refractivity contribution in [1.82, 2.24) is 14.6 Å². The molecule has 4 heteroatoms. The Balaban J connectivity index is 2.57. The molecular weight excluding hydrogens is 210 g/mol. The third-order valence-electron chi connectivity index (χ3n) is 2.53. The summed E-state index contributed by atoms with van der Waals surface area (Å²) in [4.78, 5) is 0. The Kier molecular flexibility index (Phi) is 1.70. The van der Waals surface area contributed by atoms with Gasteiger partial charge in [-0.2, -0.15) is 0 Å². The number of hydrogen-bond donors (Lipinski definition) is 0. The molecule has 3 aromatic rings. The number of nitrogens with zero attached hydrogens (tertiary/aromatic N) is 3. The zero-order valence-corrected chi connectivity index (χ0v) is 8.86. The first kappa shape index (κ1) is 8.68. The molecule has 0 amide bonds. The van der Waals surface area contributed by atoms with E-state index in [0.717, 1.165) is 27.3 Å². The van der Waals surface area contributed by atoms with Crippen LogP contribution in [0.25, 0.3) is 16.4 Å². The van der Waals surface area contributed by atoms with E-state index in [9.17, 15) is 0 Å². The van der Waals surface area contributed by atoms with E-state index in [1.165, 1.54) is 0 Å². The lowest BCUT2D eigenvalue weighted by Crippen LogP contribution is -1.87. The Labute approximate surface area is 91.3 Å². The first-order valence-corrected chi connectivity index (χ1v) is 5.03. The molecule has 0 bridgehead atoms. The van der Waals surface area contributed by atoms with Crippen LogP contribution in [0.4, 0.5) is 0 Å². The van der Waals surface area contributed by atoms with Crippen molar-refractivity contribution < 1.29 is 0 Å². The van der Waals surface area contributed by atoms with Crippen molar-refractivity contribution in [3.63, 3.8) is 0 Å². The molecule has 1 aromatic carbocycles. The van der Waals surface area contributed by atoms with E-state index in [0.29, 0.717) is 0 Å². The highest BCUT2D eigenvalue weighted by atomic mass is 35.5. The standard InChI is InChI=1S/C11H8ClN3/c1-7-13-14-11-10-6-9(12)3-2-8(10)4-5-15(7)11/h2-6H,1H3. The lowest BCUT2D eigenvalue weighted by atomic mass is 10.2. The molecular formula is C11H8ClN3. The van der Waals surface area contributed by atoms with E-state index in [2.05, 4.69) is 10.2 Å². The van der Waals surface area contributed by atoms with Crippen LogP contribution in [-0.4, -0.2) is 14.6 Å². The molecule has 0 aliphatic rings. The molecule has 2 heterocycles. The second-order valence-corrected chi connectivity index (χ2v) is 3.92. The summed E-state index contributed by atoms with van der Waals surface area (Å²) in [5.41, 5.74) is 0.854. The lowest BCUT2D eigenvalue weighted by molar-refractivity contribution is 1.01. The summed E-state index contributed by atoms with van der Waals surface area (Å²) in [5, 5.41) is 11.1. The van der Waals surface area contributed by atoms with E-state index in [1.54, 1.807) is 0 Å². The molecule has 0 atom stereocenters. The van der Waals surface area contributed by atoms with Crippen LogP contribution < -0.4 is 0 Å². The van der Waals surface area contributed by atoms with Gasteiger partial charge in [-0.05, 0) is 30.5 Å². The SMILES string of the molecule is Cc1nnc2c3cc(Cl)ccc3ccn12. The predicted octanol–water partition coefficient (Wildman–Crippen LogP) is 2.84. The number of pyridine rings is 1. The first-order chi connectivity index (χ1) is 7.25. The number of benzene rings is 1. The fraction of sp³-hybridized carbons (Fsp3) is 0.0909. The molecule has 3 rings (SSSR count). The Bertz CT molecular complexity index is 657. The second-order valence-electron chi connectivity index (χ2n) is 3.49. The van der Waals surface area contributed by atoms with Crippen molar-refractivity contribution in [1.29, 1.82) is 0 Å². The molecule has 0 saturated carbocycles. The number of halogens is 1. The zero-order chi connectivity index (χ0) is 10.4. The summed E-state index contributed by atoms with van der Waals surface area (Å²) in [6.45, 7) is 1.93. The van der Waals surface area contributed by atoms with Crippen LogP contribution in [0.5, 0.6) is 0 Å². The molecule has 0 aliphatic heterocycles. The molecule has 0 aliphatic carbocycles. The van der Waals surface area contributed by atoms with E-state index in [-0.39, 0.29) is 0 Å². The van der Waals surface area contributed by atoms with Crippen LogP contribution in [0, 0.1) is 6.92 Å². The summed E-state index contributed by atoms with van der Waals surface area (Å²) >= 11 is 5.97. The highest BCUT2D eigenvalue weighted by molar-refractivity contribution is 6.31. The smallest absolute Gasteiger partial charge is 0.168 e. The molecule has 15 heavy (non-hydrogen) atoms. The van der Waals surface area contributed by atoms with Crippen molar-refractivity contribution in [2.45, 2.75) is 6.92 Å². The van der Waals surface area contributed by atoms with E-state index in [4.69, 9.17) is 11.6 Å². The van der Waals surface area contributed by atoms with Gasteiger partial charge in [0.05, 0.1) is 0 Å². The summed E-state index contributed by atoms with van der Waals surface area (Å²) in [7, 11) is 0. The summed E-state index contributed by atoms with van der Waals surface area (Å²) in [5.74, 6) is 0.881. The van der Waals surface area contributed by atoms with Gasteiger partial charge in [0.25, 0.3) is 0 Å². The van der Waals surface area contributed by atoms with E-state index < -0.39 is 0 Å². The third kappa shape index (κ3) is 1.20. The molecule has 74 valence electrons. The molecule has 0 unspecified atom stereocenters. The molecule has 3 nitrogen and oxygen atoms in total. The van der Waals surface area contributed by atoms with Crippen molar-refractivity contribution in [2.24, 2.45) is 0 Å². The van der Waals surface area contributed by atoms with Gasteiger partial charge >= 0.3 is 0 Å². The number of aryl methyl sites for hydroxylation is 1. The highest BCUT2D eigenvalue weighted by Gasteiger charge is 2.05. The summed E-state index contributed by atoms with van der Waals surface area (Å²) in [6, 6.07) is 7.82. The van der Waals surface area contributed by atoms with Crippen molar-refractivity contribution >= 4 is 28.0 Å². The van der Waals surface area contributed by atoms with Crippen LogP contribution >= 0.6 is 11.6 Å². The Morgan fingerprint density at radius 3 is 2.93 bits per heavy atom. The Morgan fingerprint density at radius 2 is 2.07 bits per heavy atom. The Morgan fingerprint density at radius 1 is 1.20 bits per heavy atom. The van der Waals surface area contributed by atoms with Crippen LogP contribution in [-0.2, 0) is 0 Å². The molecule has 0 spiro atoms. The molecule has 0 N–H and O–H groups in total. The summed E-state index contributed by atoms with van der Waals surface area (Å²) < 4.78 is 1.96. The fourth-order valence-electron chi connectivity index (χ4n) is 1.75. The van der Waals surface area contributed by atoms with Gasteiger partial charge in [0.15, 0.2) is 5.65 Å². The van der Waals surface area contributed by atoms with Gasteiger partial charge in [-0.25, -0.2) is 0 Å². The minimum Gasteiger partial charge on any atom is -0.286 e. The van der Waals surface area contributed by atoms with E-state index >= 15 is 0 Å². The number of aromatic nitrogens is 3. The summed E-state index contributed by atoms with van der Waals surface area (Å²) in [6.07, 6.45) is 1.97. The minimum atomic E-state index is 0.719. The minimum absolute atomic E-state index is 0.719. The van der Waals surface area contributed by atoms with Gasteiger partial charge in [0, 0.05) is 16.6 Å². The molecule has 0 fully saturated rings. The fourth-order valence-corrected chi connectivity index (χ4v) is 1.93. The Hall–Kier alpha value is -1.61. The largest absolute Gasteiger partial charge is 0.286 e. The second kappa shape index (κ2) is 2.94. The maximum atomic E-state index is 5.97. The maximum absolute atomic E-state index is 5.97. The van der Waals surface area contributed by atoms with E-state index in [1.807, 2.05) is 41.8 Å². The number of rotatable bonds is 0. The van der Waals surface area contributed by atoms with Gasteiger partial charge in [0.1, 0.15) is 5.82 Å². The molecule has 0 radical (unpaired) electrons. The van der Waals surface area contributed by atoms with Crippen LogP contribution in [0.15, 0.2) is 30.5 Å². The predicted molar refractivity (Wildman–Crippen MR) is 60.2 cm³/mol. The van der Waals surface area contributed by atoms with Crippen molar-refractivity contribution in [2.75, 3.05) is 0 Å². The van der Waals surface area contributed by atoms with Gasteiger partial charge in [-0.3, -0.25) is 4.40 Å². The van der Waals surface area contributed by atoms with Gasteiger partial charge in [0.2, 0.25) is 0 Å². The normalized spacial score (nSPS) is 11.3. The van der Waals surface area contributed by atoms with Crippen molar-refractivity contribution in [3.8, 4) is 0 Å². The highest BCUT2D eigenvalue weighted by Crippen LogP contribution is 2.22. The van der Waals surface area contributed by atoms with Crippen LogP contribution in [0.2, 0.25) is 5.02 Å². The average Bonchev–Trinajstić information content (AvgIpc) is 2.61. The average molecular weight is 218 g/mol. The third-order valence-corrected chi connectivity index (χ3v) is 2.76. The molecule has 0 saturated heterocycles. The quantitative estimate of drug-likeness (QED) is 0.580. The van der Waals surface area contributed by atoms with Crippen LogP contribution in [0.3, 0.4) is 0 Å². The topological polar surface area (TPSA) is 30.2 Å². The number of hydrogen-bond acceptors (Lipinski definition) is 2. The lowest BCUT2D eigenvalue weighted by Gasteiger charge is -2.00. The monoisotopic (exact) mass is 217 g/mol. The molecule has 2 aromatic heterocycles. The van der Waals surface area contributed by atoms with Crippen LogP contribution in [0.1, 0.15) is 5.82 Å². The first-order valence-electron chi connectivity index (χ1n) is 4.65.